The smallest absolute Gasteiger partial charge is 0.242 e. The summed E-state index contributed by atoms with van der Waals surface area (Å²) in [7, 11) is 0. The molecule has 99 valence electrons. The van der Waals surface area contributed by atoms with Gasteiger partial charge in [0.25, 0.3) is 0 Å². The molecule has 0 aliphatic carbocycles. The van der Waals surface area contributed by atoms with E-state index >= 15 is 0 Å². The topological polar surface area (TPSA) is 39.8 Å². The van der Waals surface area contributed by atoms with E-state index in [-0.39, 0.29) is 0 Å². The van der Waals surface area contributed by atoms with Crippen molar-refractivity contribution in [1.82, 2.24) is 4.98 Å². The molecule has 0 unspecified atom stereocenters. The minimum absolute atomic E-state index is 0.538. The lowest BCUT2D eigenvalue weighted by Crippen LogP contribution is -2.30. The fraction of sp³-hybridized carbons (Fsp3) is 0. The normalized spacial score (nSPS) is 11.0. The summed E-state index contributed by atoms with van der Waals surface area (Å²) in [5, 5.41) is 15.4. The summed E-state index contributed by atoms with van der Waals surface area (Å²) in [6.45, 7) is 0. The number of hydrogen-bond donors (Lipinski definition) is 0. The molecule has 0 saturated carbocycles. The molecular weight excluding hydrogens is 260 g/mol. The zero-order valence-electron chi connectivity index (χ0n) is 11.2. The van der Waals surface area contributed by atoms with E-state index < -0.39 is 0 Å². The van der Waals surface area contributed by atoms with Gasteiger partial charge in [0, 0.05) is 22.9 Å². The Morgan fingerprint density at radius 1 is 0.857 bits per heavy atom. The number of rotatable bonds is 1. The van der Waals surface area contributed by atoms with Crippen LogP contribution in [-0.2, 0) is 0 Å². The van der Waals surface area contributed by atoms with Crippen LogP contribution < -0.4 is 4.73 Å². The molecule has 0 bridgehead atoms. The maximum atomic E-state index is 12.5. The molecule has 0 amide bonds. The first-order valence-corrected chi connectivity index (χ1v) is 6.72. The summed E-state index contributed by atoms with van der Waals surface area (Å²) >= 11 is 0. The highest BCUT2D eigenvalue weighted by Crippen LogP contribution is 2.21. The van der Waals surface area contributed by atoms with Gasteiger partial charge in [0.15, 0.2) is 0 Å². The van der Waals surface area contributed by atoms with E-state index in [2.05, 4.69) is 11.2 Å². The van der Waals surface area contributed by atoms with E-state index in [1.54, 1.807) is 6.07 Å². The van der Waals surface area contributed by atoms with Gasteiger partial charge in [-0.3, -0.25) is 0 Å². The first-order chi connectivity index (χ1) is 10.3. The van der Waals surface area contributed by atoms with Crippen LogP contribution in [0.2, 0.25) is 0 Å². The predicted molar refractivity (Wildman–Crippen MR) is 82.5 cm³/mol. The monoisotopic (exact) mass is 271 g/mol. The van der Waals surface area contributed by atoms with Crippen LogP contribution in [-0.4, -0.2) is 4.98 Å². The molecule has 21 heavy (non-hydrogen) atoms. The van der Waals surface area contributed by atoms with Gasteiger partial charge in [-0.2, -0.15) is 4.73 Å². The Balaban J connectivity index is 1.97. The third-order valence-electron chi connectivity index (χ3n) is 3.61. The molecule has 0 N–H and O–H groups in total. The fourth-order valence-corrected chi connectivity index (χ4v) is 2.52. The summed E-state index contributed by atoms with van der Waals surface area (Å²) in [6.07, 6.45) is 2.99. The molecule has 3 nitrogen and oxygen atoms in total. The SMILES string of the molecule is [O-][n+]1c(-c2cc3ccccc3[c]n2)ccc2ccccc21. The lowest BCUT2D eigenvalue weighted by Gasteiger charge is -2.07. The van der Waals surface area contributed by atoms with E-state index in [9.17, 15) is 5.21 Å². The average molecular weight is 271 g/mol. The van der Waals surface area contributed by atoms with E-state index in [4.69, 9.17) is 0 Å². The van der Waals surface area contributed by atoms with Gasteiger partial charge in [-0.1, -0.05) is 36.4 Å². The Morgan fingerprint density at radius 3 is 2.52 bits per heavy atom. The van der Waals surface area contributed by atoms with Gasteiger partial charge in [-0.15, -0.1) is 0 Å². The summed E-state index contributed by atoms with van der Waals surface area (Å²) in [5.41, 5.74) is 1.81. The lowest BCUT2D eigenvalue weighted by atomic mass is 10.1. The van der Waals surface area contributed by atoms with Crippen LogP contribution in [0.15, 0.2) is 66.7 Å². The largest absolute Gasteiger partial charge is 0.618 e. The Labute approximate surface area is 121 Å². The van der Waals surface area contributed by atoms with Crippen LogP contribution in [0.1, 0.15) is 0 Å². The van der Waals surface area contributed by atoms with Gasteiger partial charge in [-0.25, -0.2) is 4.98 Å². The van der Waals surface area contributed by atoms with Gasteiger partial charge in [0.05, 0.1) is 6.20 Å². The first-order valence-electron chi connectivity index (χ1n) is 6.72. The van der Waals surface area contributed by atoms with E-state index in [0.29, 0.717) is 16.9 Å². The van der Waals surface area contributed by atoms with Crippen molar-refractivity contribution in [3.05, 3.63) is 78.1 Å². The molecule has 0 aliphatic rings. The summed E-state index contributed by atoms with van der Waals surface area (Å²) in [5.74, 6) is 0. The molecule has 0 saturated heterocycles. The highest BCUT2D eigenvalue weighted by Gasteiger charge is 2.14. The highest BCUT2D eigenvalue weighted by molar-refractivity contribution is 5.84. The third-order valence-corrected chi connectivity index (χ3v) is 3.61. The van der Waals surface area contributed by atoms with Gasteiger partial charge in [-0.05, 0) is 23.6 Å². The molecule has 4 rings (SSSR count). The maximum Gasteiger partial charge on any atom is 0.242 e. The van der Waals surface area contributed by atoms with E-state index in [1.807, 2.05) is 60.7 Å². The van der Waals surface area contributed by atoms with Crippen LogP contribution in [0.25, 0.3) is 33.1 Å². The Bertz CT molecular complexity index is 963. The number of fused-ring (bicyclic) bond motifs is 2. The summed E-state index contributed by atoms with van der Waals surface area (Å²) in [6, 6.07) is 21.1. The minimum atomic E-state index is 0.538. The summed E-state index contributed by atoms with van der Waals surface area (Å²) < 4.78 is 0.931. The Hall–Kier alpha value is -2.94. The zero-order valence-corrected chi connectivity index (χ0v) is 11.2. The number of pyridine rings is 2. The molecule has 0 atom stereocenters. The lowest BCUT2D eigenvalue weighted by molar-refractivity contribution is -0.565. The number of para-hydroxylation sites is 1. The van der Waals surface area contributed by atoms with Crippen molar-refractivity contribution in [3.63, 3.8) is 0 Å². The maximum absolute atomic E-state index is 12.5. The van der Waals surface area contributed by atoms with Gasteiger partial charge in [0.1, 0.15) is 5.69 Å². The number of hydrogen-bond acceptors (Lipinski definition) is 2. The highest BCUT2D eigenvalue weighted by atomic mass is 16.5. The minimum Gasteiger partial charge on any atom is -0.618 e. The molecule has 1 radical (unpaired) electrons. The number of benzene rings is 2. The molecule has 3 heteroatoms. The second kappa shape index (κ2) is 4.56. The molecule has 0 spiro atoms. The van der Waals surface area contributed by atoms with Crippen molar-refractivity contribution in [3.8, 4) is 11.4 Å². The first kappa shape index (κ1) is 11.9. The molecule has 2 heterocycles. The molecule has 2 aromatic heterocycles. The molecular formula is C18H11N2O. The molecule has 2 aromatic carbocycles. The second-order valence-electron chi connectivity index (χ2n) is 4.91. The number of aromatic nitrogens is 2. The van der Waals surface area contributed by atoms with Crippen LogP contribution in [0.3, 0.4) is 0 Å². The van der Waals surface area contributed by atoms with Crippen molar-refractivity contribution >= 4 is 21.7 Å². The molecule has 0 aliphatic heterocycles. The predicted octanol–water partition coefficient (Wildman–Crippen LogP) is 3.49. The van der Waals surface area contributed by atoms with E-state index in [1.165, 1.54) is 0 Å². The standard InChI is InChI=1S/C18H11N2O/c21-20-17-8-4-3-5-13(17)9-10-18(20)16-11-14-6-1-2-7-15(14)12-19-16/h1-11H. The quantitative estimate of drug-likeness (QED) is 0.393. The number of nitrogens with zero attached hydrogens (tertiary/aromatic N) is 2. The van der Waals surface area contributed by atoms with Crippen molar-refractivity contribution < 1.29 is 4.73 Å². The molecule has 0 fully saturated rings. The fourth-order valence-electron chi connectivity index (χ4n) is 2.52. The Kier molecular flexibility index (Phi) is 2.57. The zero-order chi connectivity index (χ0) is 14.2. The Morgan fingerprint density at radius 2 is 1.62 bits per heavy atom. The van der Waals surface area contributed by atoms with Crippen molar-refractivity contribution in [2.24, 2.45) is 0 Å². The van der Waals surface area contributed by atoms with Crippen LogP contribution in [0.4, 0.5) is 0 Å². The van der Waals surface area contributed by atoms with Crippen molar-refractivity contribution in [2.45, 2.75) is 0 Å². The van der Waals surface area contributed by atoms with Crippen LogP contribution in [0, 0.1) is 11.4 Å². The van der Waals surface area contributed by atoms with E-state index in [0.717, 1.165) is 20.9 Å². The second-order valence-corrected chi connectivity index (χ2v) is 4.91. The van der Waals surface area contributed by atoms with Gasteiger partial charge >= 0.3 is 0 Å². The van der Waals surface area contributed by atoms with Crippen LogP contribution in [0.5, 0.6) is 0 Å². The van der Waals surface area contributed by atoms with Crippen molar-refractivity contribution in [2.75, 3.05) is 0 Å². The van der Waals surface area contributed by atoms with Gasteiger partial charge in [0.2, 0.25) is 11.2 Å². The summed E-state index contributed by atoms with van der Waals surface area (Å²) in [4.78, 5) is 4.30. The molecule has 4 aromatic rings. The van der Waals surface area contributed by atoms with Gasteiger partial charge < -0.3 is 5.21 Å². The van der Waals surface area contributed by atoms with Crippen molar-refractivity contribution in [1.29, 1.82) is 0 Å². The van der Waals surface area contributed by atoms with Crippen LogP contribution >= 0.6 is 0 Å². The third kappa shape index (κ3) is 1.91. The average Bonchev–Trinajstić information content (AvgIpc) is 2.55.